The molecule has 5 heteroatoms. The zero-order valence-corrected chi connectivity index (χ0v) is 14.7. The van der Waals surface area contributed by atoms with Gasteiger partial charge >= 0.3 is 0 Å². The van der Waals surface area contributed by atoms with Crippen LogP contribution in [0, 0.1) is 0 Å². The van der Waals surface area contributed by atoms with E-state index < -0.39 is 0 Å². The summed E-state index contributed by atoms with van der Waals surface area (Å²) in [6.45, 7) is 0. The maximum atomic E-state index is 5.85. The van der Waals surface area contributed by atoms with E-state index >= 15 is 0 Å². The predicted octanol–water partition coefficient (Wildman–Crippen LogP) is 4.64. The van der Waals surface area contributed by atoms with Gasteiger partial charge in [0.2, 0.25) is 0 Å². The van der Waals surface area contributed by atoms with Crippen LogP contribution in [0.5, 0.6) is 23.0 Å². The Hall–Kier alpha value is -3.08. The minimum atomic E-state index is 0.639. The summed E-state index contributed by atoms with van der Waals surface area (Å²) in [5.41, 5.74) is 1.72. The van der Waals surface area contributed by atoms with Crippen LogP contribution in [0.1, 0.15) is 11.3 Å². The van der Waals surface area contributed by atoms with Crippen molar-refractivity contribution in [1.29, 1.82) is 0 Å². The molecule has 1 heterocycles. The van der Waals surface area contributed by atoms with Crippen molar-refractivity contribution in [2.24, 2.45) is 0 Å². The lowest BCUT2D eigenvalue weighted by atomic mass is 10.1. The molecule has 0 unspecified atom stereocenters. The number of methoxy groups -OCH3 is 4. The largest absolute Gasteiger partial charge is 0.493 e. The van der Waals surface area contributed by atoms with Crippen molar-refractivity contribution in [2.45, 2.75) is 0 Å². The molecule has 0 spiro atoms. The van der Waals surface area contributed by atoms with Gasteiger partial charge in [-0.25, -0.2) is 0 Å². The highest BCUT2D eigenvalue weighted by atomic mass is 16.5. The number of fused-ring (bicyclic) bond motifs is 1. The third-order valence-electron chi connectivity index (χ3n) is 3.89. The van der Waals surface area contributed by atoms with Crippen molar-refractivity contribution >= 4 is 23.1 Å². The molecular formula is C20H20O5. The van der Waals surface area contributed by atoms with Gasteiger partial charge < -0.3 is 23.4 Å². The second kappa shape index (κ2) is 7.21. The van der Waals surface area contributed by atoms with Crippen LogP contribution in [-0.2, 0) is 0 Å². The number of furan rings is 1. The summed E-state index contributed by atoms with van der Waals surface area (Å²) in [5.74, 6) is 3.43. The van der Waals surface area contributed by atoms with Gasteiger partial charge in [-0.15, -0.1) is 0 Å². The van der Waals surface area contributed by atoms with Gasteiger partial charge in [0.05, 0.1) is 28.4 Å². The van der Waals surface area contributed by atoms with E-state index in [2.05, 4.69) is 0 Å². The molecule has 5 nitrogen and oxygen atoms in total. The smallest absolute Gasteiger partial charge is 0.164 e. The minimum absolute atomic E-state index is 0.639. The van der Waals surface area contributed by atoms with E-state index in [0.717, 1.165) is 22.3 Å². The van der Waals surface area contributed by atoms with Gasteiger partial charge in [0.15, 0.2) is 23.0 Å². The third-order valence-corrected chi connectivity index (χ3v) is 3.89. The Morgan fingerprint density at radius 2 is 1.32 bits per heavy atom. The van der Waals surface area contributed by atoms with E-state index in [1.54, 1.807) is 28.4 Å². The van der Waals surface area contributed by atoms with Gasteiger partial charge in [0.1, 0.15) is 11.3 Å². The summed E-state index contributed by atoms with van der Waals surface area (Å²) >= 11 is 0. The number of benzene rings is 2. The van der Waals surface area contributed by atoms with Gasteiger partial charge in [-0.1, -0.05) is 12.1 Å². The standard InChI is InChI=1S/C20H20O5/c1-21-16-8-6-13(9-18(16)22-2)5-7-15-10-14-11-19(23-3)20(24-4)12-17(14)25-15/h5-12H,1-4H3/b7-5+. The second-order valence-electron chi connectivity index (χ2n) is 5.34. The maximum absolute atomic E-state index is 5.85. The van der Waals surface area contributed by atoms with E-state index in [1.165, 1.54) is 0 Å². The molecule has 0 amide bonds. The molecular weight excluding hydrogens is 320 g/mol. The Kier molecular flexibility index (Phi) is 4.84. The average molecular weight is 340 g/mol. The Labute approximate surface area is 146 Å². The first-order valence-corrected chi connectivity index (χ1v) is 7.74. The van der Waals surface area contributed by atoms with Crippen molar-refractivity contribution in [3.05, 3.63) is 47.7 Å². The van der Waals surface area contributed by atoms with Gasteiger partial charge in [-0.2, -0.15) is 0 Å². The second-order valence-corrected chi connectivity index (χ2v) is 5.34. The van der Waals surface area contributed by atoms with Crippen LogP contribution in [0.2, 0.25) is 0 Å². The van der Waals surface area contributed by atoms with E-state index in [1.807, 2.05) is 48.6 Å². The Morgan fingerprint density at radius 3 is 2.00 bits per heavy atom. The number of ether oxygens (including phenoxy) is 4. The minimum Gasteiger partial charge on any atom is -0.493 e. The first-order valence-electron chi connectivity index (χ1n) is 7.74. The Morgan fingerprint density at radius 1 is 0.680 bits per heavy atom. The van der Waals surface area contributed by atoms with Gasteiger partial charge in [-0.3, -0.25) is 0 Å². The van der Waals surface area contributed by atoms with E-state index in [4.69, 9.17) is 23.4 Å². The topological polar surface area (TPSA) is 50.1 Å². The summed E-state index contributed by atoms with van der Waals surface area (Å²) < 4.78 is 27.0. The quantitative estimate of drug-likeness (QED) is 0.654. The Bertz CT molecular complexity index is 867. The molecule has 25 heavy (non-hydrogen) atoms. The molecule has 3 rings (SSSR count). The van der Waals surface area contributed by atoms with Crippen LogP contribution in [0.15, 0.2) is 40.8 Å². The predicted molar refractivity (Wildman–Crippen MR) is 97.8 cm³/mol. The fraction of sp³-hybridized carbons (Fsp3) is 0.200. The highest BCUT2D eigenvalue weighted by Crippen LogP contribution is 2.34. The van der Waals surface area contributed by atoms with Crippen LogP contribution in [0.25, 0.3) is 23.1 Å². The zero-order valence-electron chi connectivity index (χ0n) is 14.7. The molecule has 0 aliphatic rings. The van der Waals surface area contributed by atoms with Gasteiger partial charge in [-0.05, 0) is 35.9 Å². The van der Waals surface area contributed by atoms with E-state index in [-0.39, 0.29) is 0 Å². The summed E-state index contributed by atoms with van der Waals surface area (Å²) in [4.78, 5) is 0. The summed E-state index contributed by atoms with van der Waals surface area (Å²) in [7, 11) is 6.45. The summed E-state index contributed by atoms with van der Waals surface area (Å²) in [6, 6.07) is 11.4. The molecule has 0 saturated heterocycles. The highest BCUT2D eigenvalue weighted by molar-refractivity contribution is 5.85. The molecule has 0 fully saturated rings. The molecule has 0 N–H and O–H groups in total. The molecule has 2 aromatic carbocycles. The lowest BCUT2D eigenvalue weighted by molar-refractivity contribution is 0.355. The molecule has 0 bridgehead atoms. The van der Waals surface area contributed by atoms with Gasteiger partial charge in [0.25, 0.3) is 0 Å². The molecule has 0 radical (unpaired) electrons. The normalized spacial score (nSPS) is 11.0. The van der Waals surface area contributed by atoms with Crippen molar-refractivity contribution in [3.8, 4) is 23.0 Å². The van der Waals surface area contributed by atoms with Crippen LogP contribution >= 0.6 is 0 Å². The fourth-order valence-corrected chi connectivity index (χ4v) is 2.60. The highest BCUT2D eigenvalue weighted by Gasteiger charge is 2.09. The van der Waals surface area contributed by atoms with Crippen molar-refractivity contribution in [2.75, 3.05) is 28.4 Å². The van der Waals surface area contributed by atoms with E-state index in [9.17, 15) is 0 Å². The molecule has 3 aromatic rings. The van der Waals surface area contributed by atoms with Crippen LogP contribution in [-0.4, -0.2) is 28.4 Å². The fourth-order valence-electron chi connectivity index (χ4n) is 2.60. The van der Waals surface area contributed by atoms with Crippen molar-refractivity contribution in [1.82, 2.24) is 0 Å². The molecule has 0 atom stereocenters. The molecule has 130 valence electrons. The molecule has 0 saturated carbocycles. The Balaban J connectivity index is 1.91. The van der Waals surface area contributed by atoms with Crippen molar-refractivity contribution < 1.29 is 23.4 Å². The number of rotatable bonds is 6. The lowest BCUT2D eigenvalue weighted by Gasteiger charge is -2.07. The summed E-state index contributed by atoms with van der Waals surface area (Å²) in [5, 5.41) is 0.949. The molecule has 0 aliphatic heterocycles. The SMILES string of the molecule is COc1ccc(/C=C/c2cc3cc(OC)c(OC)cc3o2)cc1OC. The average Bonchev–Trinajstić information content (AvgIpc) is 3.06. The first-order chi connectivity index (χ1) is 12.2. The molecule has 1 aromatic heterocycles. The van der Waals surface area contributed by atoms with Gasteiger partial charge in [0, 0.05) is 11.5 Å². The zero-order chi connectivity index (χ0) is 17.8. The number of hydrogen-bond donors (Lipinski definition) is 0. The first kappa shape index (κ1) is 16.8. The maximum Gasteiger partial charge on any atom is 0.164 e. The third kappa shape index (κ3) is 3.40. The van der Waals surface area contributed by atoms with Crippen LogP contribution in [0.4, 0.5) is 0 Å². The lowest BCUT2D eigenvalue weighted by Crippen LogP contribution is -1.90. The van der Waals surface area contributed by atoms with Crippen molar-refractivity contribution in [3.63, 3.8) is 0 Å². The molecule has 0 aliphatic carbocycles. The van der Waals surface area contributed by atoms with Crippen LogP contribution < -0.4 is 18.9 Å². The van der Waals surface area contributed by atoms with Crippen LogP contribution in [0.3, 0.4) is 0 Å². The number of hydrogen-bond acceptors (Lipinski definition) is 5. The monoisotopic (exact) mass is 340 g/mol. The van der Waals surface area contributed by atoms with E-state index in [0.29, 0.717) is 23.0 Å². The summed E-state index contributed by atoms with van der Waals surface area (Å²) in [6.07, 6.45) is 3.86.